The smallest absolute Gasteiger partial charge is 0.235 e. The molecule has 0 spiro atoms. The van der Waals surface area contributed by atoms with Crippen molar-refractivity contribution in [3.63, 3.8) is 0 Å². The Labute approximate surface area is 179 Å². The predicted octanol–water partition coefficient (Wildman–Crippen LogP) is 2.12. The van der Waals surface area contributed by atoms with E-state index in [0.29, 0.717) is 25.0 Å². The quantitative estimate of drug-likeness (QED) is 0.609. The summed E-state index contributed by atoms with van der Waals surface area (Å²) in [6.07, 6.45) is 11.0. The molecule has 1 aromatic heterocycles. The number of sulfonamides is 1. The van der Waals surface area contributed by atoms with Gasteiger partial charge in [0.05, 0.1) is 24.6 Å². The lowest BCUT2D eigenvalue weighted by Gasteiger charge is -2.35. The number of nitrogens with one attached hydrogen (secondary N) is 2. The van der Waals surface area contributed by atoms with E-state index in [4.69, 9.17) is 9.47 Å². The first-order valence-electron chi connectivity index (χ1n) is 11.4. The van der Waals surface area contributed by atoms with Crippen LogP contribution in [0, 0.1) is 0 Å². The lowest BCUT2D eigenvalue weighted by Crippen LogP contribution is -2.56. The fraction of sp³-hybridized carbons (Fsp3) is 0.810. The fourth-order valence-corrected chi connectivity index (χ4v) is 6.21. The molecule has 1 aromatic rings. The fourth-order valence-electron chi connectivity index (χ4n) is 4.56. The normalized spacial score (nSPS) is 30.2. The van der Waals surface area contributed by atoms with Crippen LogP contribution in [0.25, 0.3) is 0 Å². The van der Waals surface area contributed by atoms with Gasteiger partial charge in [0.2, 0.25) is 15.9 Å². The summed E-state index contributed by atoms with van der Waals surface area (Å²) < 4.78 is 39.5. The molecule has 3 aliphatic rings. The van der Waals surface area contributed by atoms with Crippen LogP contribution in [-0.2, 0) is 14.8 Å². The highest BCUT2D eigenvalue weighted by Gasteiger charge is 2.39. The molecular weight excluding hydrogens is 404 g/mol. The van der Waals surface area contributed by atoms with Crippen LogP contribution < -0.4 is 14.8 Å². The summed E-state index contributed by atoms with van der Waals surface area (Å²) in [4.78, 5) is 8.86. The molecule has 0 radical (unpaired) electrons. The van der Waals surface area contributed by atoms with Gasteiger partial charge in [0, 0.05) is 30.4 Å². The number of hydrogen-bond donors (Lipinski definition) is 2. The number of piperidine rings is 1. The summed E-state index contributed by atoms with van der Waals surface area (Å²) in [6, 6.07) is -0.0384. The summed E-state index contributed by atoms with van der Waals surface area (Å²) in [5.74, 6) is 1.01. The van der Waals surface area contributed by atoms with Gasteiger partial charge in [0.15, 0.2) is 0 Å². The van der Waals surface area contributed by atoms with E-state index in [-0.39, 0.29) is 23.4 Å². The van der Waals surface area contributed by atoms with Gasteiger partial charge in [-0.2, -0.15) is 0 Å². The zero-order valence-corrected chi connectivity index (χ0v) is 18.6. The van der Waals surface area contributed by atoms with E-state index < -0.39 is 10.0 Å². The highest BCUT2D eigenvalue weighted by atomic mass is 32.2. The predicted molar refractivity (Wildman–Crippen MR) is 114 cm³/mol. The van der Waals surface area contributed by atoms with Gasteiger partial charge < -0.3 is 14.8 Å². The van der Waals surface area contributed by atoms with Crippen LogP contribution >= 0.6 is 0 Å². The topological polar surface area (TPSA) is 102 Å². The Morgan fingerprint density at radius 3 is 2.60 bits per heavy atom. The first kappa shape index (κ1) is 21.9. The van der Waals surface area contributed by atoms with Crippen molar-refractivity contribution in [1.82, 2.24) is 20.0 Å². The van der Waals surface area contributed by atoms with Crippen molar-refractivity contribution in [2.45, 2.75) is 87.6 Å². The molecule has 0 unspecified atom stereocenters. The number of ether oxygens (including phenoxy) is 2. The Balaban J connectivity index is 1.27. The second-order valence-electron chi connectivity index (χ2n) is 8.66. The van der Waals surface area contributed by atoms with Crippen LogP contribution in [0.2, 0.25) is 0 Å². The Kier molecular flexibility index (Phi) is 7.23. The second kappa shape index (κ2) is 9.89. The van der Waals surface area contributed by atoms with E-state index in [0.717, 1.165) is 63.6 Å². The van der Waals surface area contributed by atoms with Gasteiger partial charge in [-0.15, -0.1) is 0 Å². The molecular formula is C21H34N4O4S. The molecule has 0 bridgehead atoms. The number of aromatic nitrogens is 2. The van der Waals surface area contributed by atoms with Crippen LogP contribution in [0.3, 0.4) is 0 Å². The van der Waals surface area contributed by atoms with Crippen molar-refractivity contribution >= 4 is 10.0 Å². The van der Waals surface area contributed by atoms with E-state index in [1.54, 1.807) is 12.4 Å². The van der Waals surface area contributed by atoms with Crippen molar-refractivity contribution < 1.29 is 17.9 Å². The first-order chi connectivity index (χ1) is 14.6. The largest absolute Gasteiger partial charge is 0.477 e. The Morgan fingerprint density at radius 2 is 1.87 bits per heavy atom. The minimum absolute atomic E-state index is 0.0366. The van der Waals surface area contributed by atoms with Crippen LogP contribution in [0.1, 0.15) is 69.9 Å². The average molecular weight is 439 g/mol. The number of hydrogen-bond acceptors (Lipinski definition) is 7. The molecule has 2 aliphatic carbocycles. The van der Waals surface area contributed by atoms with E-state index in [9.17, 15) is 8.42 Å². The second-order valence-corrected chi connectivity index (χ2v) is 10.7. The molecule has 1 saturated heterocycles. The molecule has 8 nitrogen and oxygen atoms in total. The van der Waals surface area contributed by atoms with E-state index in [1.165, 1.54) is 0 Å². The maximum atomic E-state index is 12.4. The Hall–Kier alpha value is -1.29. The highest BCUT2D eigenvalue weighted by Crippen LogP contribution is 2.36. The van der Waals surface area contributed by atoms with Gasteiger partial charge in [-0.25, -0.2) is 18.1 Å². The maximum Gasteiger partial charge on any atom is 0.235 e. The van der Waals surface area contributed by atoms with Crippen LogP contribution in [0.5, 0.6) is 5.88 Å². The zero-order valence-electron chi connectivity index (χ0n) is 17.8. The monoisotopic (exact) mass is 438 g/mol. The lowest BCUT2D eigenvalue weighted by molar-refractivity contribution is 0.00484. The summed E-state index contributed by atoms with van der Waals surface area (Å²) in [7, 11) is -3.18. The van der Waals surface area contributed by atoms with Crippen molar-refractivity contribution in [3.05, 3.63) is 18.1 Å². The van der Waals surface area contributed by atoms with Gasteiger partial charge in [0.1, 0.15) is 5.69 Å². The van der Waals surface area contributed by atoms with Crippen molar-refractivity contribution in [2.75, 3.05) is 19.8 Å². The Morgan fingerprint density at radius 1 is 1.10 bits per heavy atom. The van der Waals surface area contributed by atoms with Crippen LogP contribution in [-0.4, -0.2) is 61.6 Å². The molecule has 4 rings (SSSR count). The summed E-state index contributed by atoms with van der Waals surface area (Å²) in [5, 5.41) is 3.28. The standard InChI is InChI=1S/C21H34N4O4S/c1-2-28-21-20(23-12-13-24-21)15-5-7-16(8-6-15)29-14-19-18(4-3-11-22-19)25-30(26,27)17-9-10-17/h12-13,15-19,22,25H,2-11,14H2,1H3/t15-,16+,18-,19-/m0/s1. The summed E-state index contributed by atoms with van der Waals surface area (Å²) in [6.45, 7) is 4.00. The van der Waals surface area contributed by atoms with Crippen molar-refractivity contribution in [2.24, 2.45) is 0 Å². The van der Waals surface area contributed by atoms with Gasteiger partial charge >= 0.3 is 0 Å². The zero-order chi connectivity index (χ0) is 21.0. The molecule has 1 aliphatic heterocycles. The molecule has 3 fully saturated rings. The summed E-state index contributed by atoms with van der Waals surface area (Å²) in [5.41, 5.74) is 0.960. The van der Waals surface area contributed by atoms with Crippen molar-refractivity contribution in [1.29, 1.82) is 0 Å². The molecule has 2 N–H and O–H groups in total. The molecule has 2 saturated carbocycles. The number of rotatable bonds is 9. The van der Waals surface area contributed by atoms with Gasteiger partial charge in [0.25, 0.3) is 0 Å². The van der Waals surface area contributed by atoms with Crippen LogP contribution in [0.4, 0.5) is 0 Å². The van der Waals surface area contributed by atoms with Gasteiger partial charge in [-0.1, -0.05) is 0 Å². The first-order valence-corrected chi connectivity index (χ1v) is 12.9. The van der Waals surface area contributed by atoms with E-state index in [2.05, 4.69) is 20.0 Å². The minimum atomic E-state index is -3.18. The SMILES string of the molecule is CCOc1nccnc1[C@H]1CC[C@@H](OC[C@@H]2NCCC[C@@H]2NS(=O)(=O)C2CC2)CC1. The van der Waals surface area contributed by atoms with Crippen molar-refractivity contribution in [3.8, 4) is 5.88 Å². The third kappa shape index (κ3) is 5.49. The Bertz CT molecular complexity index is 794. The lowest BCUT2D eigenvalue weighted by atomic mass is 9.85. The minimum Gasteiger partial charge on any atom is -0.477 e. The summed E-state index contributed by atoms with van der Waals surface area (Å²) >= 11 is 0. The van der Waals surface area contributed by atoms with E-state index >= 15 is 0 Å². The maximum absolute atomic E-state index is 12.4. The van der Waals surface area contributed by atoms with Gasteiger partial charge in [-0.05, 0) is 64.8 Å². The van der Waals surface area contributed by atoms with Crippen LogP contribution in [0.15, 0.2) is 12.4 Å². The molecule has 2 heterocycles. The molecule has 168 valence electrons. The number of nitrogens with zero attached hydrogens (tertiary/aromatic N) is 2. The third-order valence-electron chi connectivity index (χ3n) is 6.41. The van der Waals surface area contributed by atoms with E-state index in [1.807, 2.05) is 6.92 Å². The molecule has 9 heteroatoms. The highest BCUT2D eigenvalue weighted by molar-refractivity contribution is 7.90. The average Bonchev–Trinajstić information content (AvgIpc) is 3.60. The van der Waals surface area contributed by atoms with Gasteiger partial charge in [-0.3, -0.25) is 4.98 Å². The molecule has 30 heavy (non-hydrogen) atoms. The molecule has 0 amide bonds. The molecule has 0 aromatic carbocycles. The molecule has 2 atom stereocenters. The third-order valence-corrected chi connectivity index (χ3v) is 8.39.